The van der Waals surface area contributed by atoms with Crippen LogP contribution in [0.15, 0.2) is 42.7 Å². The van der Waals surface area contributed by atoms with Gasteiger partial charge in [0.2, 0.25) is 0 Å². The molecule has 1 aliphatic heterocycles. The maximum atomic E-state index is 12.1. The number of hydrogen-bond acceptors (Lipinski definition) is 4. The van der Waals surface area contributed by atoms with Gasteiger partial charge in [0.1, 0.15) is 0 Å². The Morgan fingerprint density at radius 3 is 2.83 bits per heavy atom. The molecule has 1 aromatic heterocycles. The number of aromatic nitrogens is 2. The van der Waals surface area contributed by atoms with Crippen LogP contribution in [0.2, 0.25) is 0 Å². The van der Waals surface area contributed by atoms with Crippen LogP contribution in [-0.2, 0) is 4.74 Å². The molecule has 0 unspecified atom stereocenters. The van der Waals surface area contributed by atoms with Gasteiger partial charge in [-0.3, -0.25) is 0 Å². The minimum atomic E-state index is -0.254. The minimum Gasteiger partial charge on any atom is -0.462 e. The highest BCUT2D eigenvalue weighted by atomic mass is 16.5. The van der Waals surface area contributed by atoms with E-state index in [1.807, 2.05) is 24.4 Å². The molecule has 1 atom stereocenters. The molecule has 0 saturated carbocycles. The van der Waals surface area contributed by atoms with Crippen LogP contribution in [0.1, 0.15) is 36.0 Å². The average Bonchev–Trinajstić information content (AvgIpc) is 3.11. The van der Waals surface area contributed by atoms with Crippen LogP contribution < -0.4 is 0 Å². The summed E-state index contributed by atoms with van der Waals surface area (Å²) in [5, 5.41) is 4.17. The third-order valence-electron chi connectivity index (χ3n) is 4.48. The van der Waals surface area contributed by atoms with Crippen LogP contribution >= 0.6 is 0 Å². The number of benzene rings is 1. The summed E-state index contributed by atoms with van der Waals surface area (Å²) in [6.45, 7) is 1.63. The van der Waals surface area contributed by atoms with Gasteiger partial charge in [0.15, 0.2) is 0 Å². The summed E-state index contributed by atoms with van der Waals surface area (Å²) in [5.41, 5.74) is 1.51. The second kappa shape index (κ2) is 7.42. The van der Waals surface area contributed by atoms with Gasteiger partial charge < -0.3 is 9.64 Å². The fraction of sp³-hybridized carbons (Fsp3) is 0.444. The van der Waals surface area contributed by atoms with Crippen LogP contribution in [0.4, 0.5) is 0 Å². The Kier molecular flexibility index (Phi) is 5.08. The van der Waals surface area contributed by atoms with Gasteiger partial charge in [-0.05, 0) is 63.2 Å². The van der Waals surface area contributed by atoms with Crippen LogP contribution in [-0.4, -0.2) is 46.9 Å². The zero-order valence-electron chi connectivity index (χ0n) is 13.5. The minimum absolute atomic E-state index is 0.254. The average molecular weight is 313 g/mol. The lowest BCUT2D eigenvalue weighted by Crippen LogP contribution is -2.37. The number of carbonyl (C=O) groups excluding carboxylic acids is 1. The van der Waals surface area contributed by atoms with E-state index in [1.54, 1.807) is 23.0 Å². The van der Waals surface area contributed by atoms with Gasteiger partial charge in [0, 0.05) is 18.4 Å². The van der Waals surface area contributed by atoms with E-state index in [2.05, 4.69) is 17.0 Å². The first kappa shape index (κ1) is 15.7. The van der Waals surface area contributed by atoms with Crippen molar-refractivity contribution in [2.75, 3.05) is 20.2 Å². The second-order valence-electron chi connectivity index (χ2n) is 6.05. The topological polar surface area (TPSA) is 47.4 Å². The van der Waals surface area contributed by atoms with Gasteiger partial charge in [-0.25, -0.2) is 9.48 Å². The van der Waals surface area contributed by atoms with Crippen molar-refractivity contribution >= 4 is 5.97 Å². The lowest BCUT2D eigenvalue weighted by Gasteiger charge is -2.32. The SMILES string of the molecule is CN1CCCC[C@@H]1CCOC(=O)c1ccc(-n2cccn2)cc1. The first-order chi connectivity index (χ1) is 11.2. The van der Waals surface area contributed by atoms with E-state index in [9.17, 15) is 4.79 Å². The van der Waals surface area contributed by atoms with Crippen molar-refractivity contribution in [3.63, 3.8) is 0 Å². The van der Waals surface area contributed by atoms with E-state index >= 15 is 0 Å². The van der Waals surface area contributed by atoms with Crippen LogP contribution in [0.3, 0.4) is 0 Å². The van der Waals surface area contributed by atoms with E-state index in [0.29, 0.717) is 18.2 Å². The Bertz CT molecular complexity index is 622. The number of nitrogens with zero attached hydrogens (tertiary/aromatic N) is 3. The maximum Gasteiger partial charge on any atom is 0.338 e. The molecule has 1 aromatic carbocycles. The standard InChI is InChI=1S/C18H23N3O2/c1-20-12-3-2-5-16(20)10-14-23-18(22)15-6-8-17(9-7-15)21-13-4-11-19-21/h4,6-9,11,13,16H,2-3,5,10,12,14H2,1H3/t16-/m1/s1. The number of rotatable bonds is 5. The smallest absolute Gasteiger partial charge is 0.338 e. The Labute approximate surface area is 136 Å². The molecule has 0 spiro atoms. The molecule has 5 nitrogen and oxygen atoms in total. The molecule has 0 N–H and O–H groups in total. The quantitative estimate of drug-likeness (QED) is 0.796. The molecule has 122 valence electrons. The highest BCUT2D eigenvalue weighted by Gasteiger charge is 2.19. The second-order valence-corrected chi connectivity index (χ2v) is 6.05. The molecule has 0 radical (unpaired) electrons. The number of ether oxygens (including phenoxy) is 1. The van der Waals surface area contributed by atoms with Gasteiger partial charge in [-0.2, -0.15) is 5.10 Å². The predicted octanol–water partition coefficient (Wildman–Crippen LogP) is 2.90. The summed E-state index contributed by atoms with van der Waals surface area (Å²) >= 11 is 0. The fourth-order valence-corrected chi connectivity index (χ4v) is 3.05. The molecule has 0 amide bonds. The third-order valence-corrected chi connectivity index (χ3v) is 4.48. The molecular formula is C18H23N3O2. The molecule has 2 heterocycles. The molecule has 0 bridgehead atoms. The molecule has 5 heteroatoms. The Morgan fingerprint density at radius 2 is 2.13 bits per heavy atom. The number of esters is 1. The number of carbonyl (C=O) groups is 1. The van der Waals surface area contributed by atoms with Crippen molar-refractivity contribution in [3.8, 4) is 5.69 Å². The molecule has 2 aromatic rings. The van der Waals surface area contributed by atoms with Gasteiger partial charge in [-0.15, -0.1) is 0 Å². The van der Waals surface area contributed by atoms with Crippen molar-refractivity contribution < 1.29 is 9.53 Å². The first-order valence-electron chi connectivity index (χ1n) is 8.21. The fourth-order valence-electron chi connectivity index (χ4n) is 3.05. The summed E-state index contributed by atoms with van der Waals surface area (Å²) < 4.78 is 7.18. The van der Waals surface area contributed by atoms with Crippen LogP contribution in [0.5, 0.6) is 0 Å². The van der Waals surface area contributed by atoms with E-state index in [0.717, 1.165) is 18.7 Å². The largest absolute Gasteiger partial charge is 0.462 e. The van der Waals surface area contributed by atoms with Gasteiger partial charge in [0.05, 0.1) is 17.9 Å². The monoisotopic (exact) mass is 313 g/mol. The summed E-state index contributed by atoms with van der Waals surface area (Å²) in [6.07, 6.45) is 8.26. The third kappa shape index (κ3) is 3.99. The number of likely N-dealkylation sites (tertiary alicyclic amines) is 1. The van der Waals surface area contributed by atoms with Crippen LogP contribution in [0, 0.1) is 0 Å². The van der Waals surface area contributed by atoms with E-state index in [4.69, 9.17) is 4.74 Å². The summed E-state index contributed by atoms with van der Waals surface area (Å²) in [7, 11) is 2.15. The zero-order valence-corrected chi connectivity index (χ0v) is 13.5. The highest BCUT2D eigenvalue weighted by Crippen LogP contribution is 2.18. The number of hydrogen-bond donors (Lipinski definition) is 0. The van der Waals surface area contributed by atoms with Crippen LogP contribution in [0.25, 0.3) is 5.69 Å². The van der Waals surface area contributed by atoms with Gasteiger partial charge in [0.25, 0.3) is 0 Å². The maximum absolute atomic E-state index is 12.1. The summed E-state index contributed by atoms with van der Waals surface area (Å²) in [5.74, 6) is -0.254. The van der Waals surface area contributed by atoms with E-state index in [1.165, 1.54) is 19.3 Å². The molecular weight excluding hydrogens is 290 g/mol. The number of piperidine rings is 1. The highest BCUT2D eigenvalue weighted by molar-refractivity contribution is 5.89. The van der Waals surface area contributed by atoms with Crippen molar-refractivity contribution in [1.29, 1.82) is 0 Å². The lowest BCUT2D eigenvalue weighted by molar-refractivity contribution is 0.0450. The summed E-state index contributed by atoms with van der Waals surface area (Å²) in [6, 6.07) is 9.72. The molecule has 1 fully saturated rings. The molecule has 1 aliphatic rings. The Balaban J connectivity index is 1.50. The molecule has 3 rings (SSSR count). The molecule has 0 aliphatic carbocycles. The first-order valence-corrected chi connectivity index (χ1v) is 8.21. The van der Waals surface area contributed by atoms with Gasteiger partial charge >= 0.3 is 5.97 Å². The Morgan fingerprint density at radius 1 is 1.30 bits per heavy atom. The van der Waals surface area contributed by atoms with Crippen molar-refractivity contribution in [1.82, 2.24) is 14.7 Å². The molecule has 23 heavy (non-hydrogen) atoms. The van der Waals surface area contributed by atoms with Crippen molar-refractivity contribution in [2.45, 2.75) is 31.7 Å². The predicted molar refractivity (Wildman–Crippen MR) is 88.7 cm³/mol. The van der Waals surface area contributed by atoms with Crippen molar-refractivity contribution in [2.24, 2.45) is 0 Å². The zero-order chi connectivity index (χ0) is 16.1. The molecule has 1 saturated heterocycles. The van der Waals surface area contributed by atoms with Crippen molar-refractivity contribution in [3.05, 3.63) is 48.3 Å². The lowest BCUT2D eigenvalue weighted by atomic mass is 10.0. The Hall–Kier alpha value is -2.14. The van der Waals surface area contributed by atoms with E-state index < -0.39 is 0 Å². The normalized spacial score (nSPS) is 18.7. The summed E-state index contributed by atoms with van der Waals surface area (Å²) in [4.78, 5) is 14.5. The van der Waals surface area contributed by atoms with Gasteiger partial charge in [-0.1, -0.05) is 6.42 Å². The van der Waals surface area contributed by atoms with E-state index in [-0.39, 0.29) is 5.97 Å².